The number of likely N-dealkylation sites (N-methyl/N-ethyl adjacent to an activating group) is 1. The van der Waals surface area contributed by atoms with Gasteiger partial charge in [-0.3, -0.25) is 4.90 Å². The van der Waals surface area contributed by atoms with Gasteiger partial charge in [0.05, 0.1) is 13.2 Å². The van der Waals surface area contributed by atoms with E-state index in [1.807, 2.05) is 0 Å². The van der Waals surface area contributed by atoms with Crippen molar-refractivity contribution in [3.63, 3.8) is 0 Å². The summed E-state index contributed by atoms with van der Waals surface area (Å²) in [5.74, 6) is 0. The minimum Gasteiger partial charge on any atom is -0.378 e. The zero-order valence-corrected chi connectivity index (χ0v) is 6.49. The number of hydrogen-bond acceptors (Lipinski definition) is 3. The minimum absolute atomic E-state index is 0.0231. The van der Waals surface area contributed by atoms with Gasteiger partial charge in [0.15, 0.2) is 0 Å². The Balaban J connectivity index is 2.17. The van der Waals surface area contributed by atoms with Gasteiger partial charge in [-0.15, -0.1) is 0 Å². The molecule has 2 saturated heterocycles. The van der Waals surface area contributed by atoms with Gasteiger partial charge in [-0.2, -0.15) is 0 Å². The van der Waals surface area contributed by atoms with Gasteiger partial charge in [0.25, 0.3) is 0 Å². The largest absolute Gasteiger partial charge is 0.378 e. The number of ether oxygens (including phenoxy) is 1. The van der Waals surface area contributed by atoms with E-state index in [2.05, 4.69) is 0 Å². The fraction of sp³-hybridized carbons (Fsp3) is 1.00. The van der Waals surface area contributed by atoms with Gasteiger partial charge >= 0.3 is 0 Å². The first-order chi connectivity index (χ1) is 6.48. The molecule has 3 nitrogen and oxygen atoms in total. The molecule has 0 aliphatic carbocycles. The summed E-state index contributed by atoms with van der Waals surface area (Å²) in [6.45, 7) is -0.996. The molecular weight excluding hydrogens is 140 g/mol. The average molecular weight is 159 g/mol. The van der Waals surface area contributed by atoms with Crippen molar-refractivity contribution >= 4 is 0 Å². The van der Waals surface area contributed by atoms with Crippen molar-refractivity contribution in [1.82, 2.24) is 4.90 Å². The van der Waals surface area contributed by atoms with Crippen molar-refractivity contribution in [3.05, 3.63) is 0 Å². The maximum atomic E-state index is 7.45. The van der Waals surface area contributed by atoms with E-state index in [4.69, 9.17) is 14.6 Å². The van der Waals surface area contributed by atoms with E-state index in [1.54, 1.807) is 4.90 Å². The van der Waals surface area contributed by atoms with Crippen LogP contribution in [0.15, 0.2) is 0 Å². The van der Waals surface area contributed by atoms with Crippen molar-refractivity contribution in [2.24, 2.45) is 5.73 Å². The lowest BCUT2D eigenvalue weighted by atomic mass is 9.91. The van der Waals surface area contributed by atoms with E-state index in [-0.39, 0.29) is 18.1 Å². The molecule has 0 radical (unpaired) electrons. The first-order valence-corrected chi connectivity index (χ1v) is 4.10. The average Bonchev–Trinajstić information content (AvgIpc) is 1.99. The fourth-order valence-corrected chi connectivity index (χ4v) is 1.96. The highest BCUT2D eigenvalue weighted by Gasteiger charge is 2.34. The molecule has 3 heteroatoms. The molecule has 2 unspecified atom stereocenters. The van der Waals surface area contributed by atoms with Crippen LogP contribution in [-0.2, 0) is 4.74 Å². The van der Waals surface area contributed by atoms with Gasteiger partial charge in [-0.25, -0.2) is 0 Å². The Labute approximate surface area is 71.7 Å². The molecule has 11 heavy (non-hydrogen) atoms. The van der Waals surface area contributed by atoms with E-state index in [9.17, 15) is 0 Å². The number of fused-ring (bicyclic) bond motifs is 2. The lowest BCUT2D eigenvalue weighted by Crippen LogP contribution is -2.57. The lowest BCUT2D eigenvalue weighted by Gasteiger charge is -2.45. The summed E-state index contributed by atoms with van der Waals surface area (Å²) in [6.07, 6.45) is 1.46. The molecule has 2 N–H and O–H groups in total. The molecule has 2 heterocycles. The van der Waals surface area contributed by atoms with Crippen molar-refractivity contribution in [1.29, 1.82) is 0 Å². The molecule has 2 aliphatic heterocycles. The Bertz CT molecular complexity index is 207. The predicted molar refractivity (Wildman–Crippen MR) is 43.4 cm³/mol. The molecule has 0 aromatic heterocycles. The van der Waals surface area contributed by atoms with Gasteiger partial charge < -0.3 is 10.5 Å². The van der Waals surface area contributed by atoms with Crippen LogP contribution < -0.4 is 5.73 Å². The molecule has 0 aromatic rings. The van der Waals surface area contributed by atoms with Gasteiger partial charge in [-0.1, -0.05) is 0 Å². The second kappa shape index (κ2) is 2.73. The molecule has 64 valence electrons. The number of nitrogens with two attached hydrogens (primary N) is 1. The Morgan fingerprint density at radius 2 is 2.09 bits per heavy atom. The molecule has 0 amide bonds. The molecule has 0 saturated carbocycles. The number of morpholine rings is 1. The Kier molecular flexibility index (Phi) is 1.19. The smallest absolute Gasteiger partial charge is 0.0623 e. The lowest BCUT2D eigenvalue weighted by molar-refractivity contribution is -0.0644. The fourth-order valence-electron chi connectivity index (χ4n) is 1.96. The van der Waals surface area contributed by atoms with Crippen LogP contribution in [0.25, 0.3) is 0 Å². The van der Waals surface area contributed by atoms with Crippen LogP contribution >= 0.6 is 0 Å². The first kappa shape index (κ1) is 4.80. The van der Waals surface area contributed by atoms with Crippen molar-refractivity contribution in [2.45, 2.75) is 31.0 Å². The summed E-state index contributed by atoms with van der Waals surface area (Å²) < 4.78 is 27.7. The van der Waals surface area contributed by atoms with Crippen LogP contribution in [0.4, 0.5) is 0 Å². The minimum atomic E-state index is -2.00. The highest BCUT2D eigenvalue weighted by molar-refractivity contribution is 4.91. The molecule has 0 spiro atoms. The van der Waals surface area contributed by atoms with E-state index >= 15 is 0 Å². The third-order valence-corrected chi connectivity index (χ3v) is 2.56. The summed E-state index contributed by atoms with van der Waals surface area (Å²) in [4.78, 5) is 1.61. The zero-order chi connectivity index (χ0) is 10.3. The monoisotopic (exact) mass is 159 g/mol. The normalized spacial score (nSPS) is 51.0. The second-order valence-corrected chi connectivity index (χ2v) is 3.48. The zero-order valence-electron chi connectivity index (χ0n) is 9.49. The van der Waals surface area contributed by atoms with Gasteiger partial charge in [0, 0.05) is 22.2 Å². The summed E-state index contributed by atoms with van der Waals surface area (Å²) in [5.41, 5.74) is 5.86. The maximum absolute atomic E-state index is 7.45. The third-order valence-electron chi connectivity index (χ3n) is 2.56. The number of rotatable bonds is 0. The van der Waals surface area contributed by atoms with Gasteiger partial charge in [0.1, 0.15) is 0 Å². The quantitative estimate of drug-likeness (QED) is 0.532. The summed E-state index contributed by atoms with van der Waals surface area (Å²) in [7, 11) is 0. The number of piperidine rings is 1. The number of hydrogen-bond donors (Lipinski definition) is 1. The standard InChI is InChI=1S/C8H16N2O/c1-10-7-2-6(9)3-8(10)5-11-4-7/h6-8H,2-5,9H2,1H3/i1D3. The molecule has 0 aromatic carbocycles. The SMILES string of the molecule is [2H]C([2H])([2H])N1C2COCC1CC(N)C2. The highest BCUT2D eigenvalue weighted by Crippen LogP contribution is 2.24. The summed E-state index contributed by atoms with van der Waals surface area (Å²) in [5, 5.41) is 0. The molecular formula is C8H16N2O. The molecule has 2 aliphatic rings. The third kappa shape index (κ3) is 1.28. The maximum Gasteiger partial charge on any atom is 0.0623 e. The Morgan fingerprint density at radius 1 is 1.45 bits per heavy atom. The van der Waals surface area contributed by atoms with E-state index in [0.29, 0.717) is 13.2 Å². The van der Waals surface area contributed by atoms with Crippen LogP contribution in [0.1, 0.15) is 17.0 Å². The molecule has 2 atom stereocenters. The number of nitrogens with zero attached hydrogens (tertiary/aromatic N) is 1. The van der Waals surface area contributed by atoms with Gasteiger partial charge in [0.2, 0.25) is 0 Å². The topological polar surface area (TPSA) is 38.5 Å². The van der Waals surface area contributed by atoms with Crippen molar-refractivity contribution in [2.75, 3.05) is 20.2 Å². The first-order valence-electron chi connectivity index (χ1n) is 5.60. The van der Waals surface area contributed by atoms with Crippen LogP contribution in [0, 0.1) is 0 Å². The van der Waals surface area contributed by atoms with Crippen LogP contribution in [0.2, 0.25) is 0 Å². The van der Waals surface area contributed by atoms with Crippen molar-refractivity contribution in [3.8, 4) is 0 Å². The van der Waals surface area contributed by atoms with E-state index < -0.39 is 6.98 Å². The highest BCUT2D eigenvalue weighted by atomic mass is 16.5. The predicted octanol–water partition coefficient (Wildman–Crippen LogP) is -0.193. The Morgan fingerprint density at radius 3 is 2.64 bits per heavy atom. The van der Waals surface area contributed by atoms with Crippen molar-refractivity contribution < 1.29 is 8.85 Å². The van der Waals surface area contributed by atoms with Gasteiger partial charge in [-0.05, 0) is 19.8 Å². The summed E-state index contributed by atoms with van der Waals surface area (Å²) >= 11 is 0. The molecule has 2 fully saturated rings. The van der Waals surface area contributed by atoms with Crippen LogP contribution in [0.3, 0.4) is 0 Å². The van der Waals surface area contributed by atoms with Crippen LogP contribution in [-0.4, -0.2) is 43.2 Å². The van der Waals surface area contributed by atoms with Crippen LogP contribution in [0.5, 0.6) is 0 Å². The molecule has 2 bridgehead atoms. The second-order valence-electron chi connectivity index (χ2n) is 3.48. The Hall–Kier alpha value is -0.120. The van der Waals surface area contributed by atoms with E-state index in [0.717, 1.165) is 12.8 Å². The summed E-state index contributed by atoms with van der Waals surface area (Å²) in [6, 6.07) is 0.0856. The molecule has 2 rings (SSSR count). The van der Waals surface area contributed by atoms with E-state index in [1.165, 1.54) is 0 Å².